The molecule has 7 nitrogen and oxygen atoms in total. The predicted molar refractivity (Wildman–Crippen MR) is 100 cm³/mol. The number of piperazine rings is 2. The second-order valence-corrected chi connectivity index (χ2v) is 7.77. The Morgan fingerprint density at radius 1 is 1.15 bits per heavy atom. The summed E-state index contributed by atoms with van der Waals surface area (Å²) in [6.45, 7) is 6.90. The SMILES string of the molecule is Cc1ccc(OC(=O)N2CCN3C(=O)[C@H](CC(C)C)N(C)C(=O)[C@H]3C2)cc1. The number of likely N-dealkylation sites (N-methyl/N-ethyl adjacent to an activating group) is 1. The highest BCUT2D eigenvalue weighted by Gasteiger charge is 2.47. The van der Waals surface area contributed by atoms with Crippen molar-refractivity contribution in [2.75, 3.05) is 26.7 Å². The molecular weight excluding hydrogens is 346 g/mol. The van der Waals surface area contributed by atoms with E-state index in [4.69, 9.17) is 4.74 Å². The van der Waals surface area contributed by atoms with Crippen molar-refractivity contribution in [3.8, 4) is 5.75 Å². The van der Waals surface area contributed by atoms with Gasteiger partial charge in [-0.05, 0) is 31.4 Å². The highest BCUT2D eigenvalue weighted by atomic mass is 16.6. The average molecular weight is 373 g/mol. The summed E-state index contributed by atoms with van der Waals surface area (Å²) in [5, 5.41) is 0. The molecule has 2 saturated heterocycles. The summed E-state index contributed by atoms with van der Waals surface area (Å²) in [6, 6.07) is 6.16. The van der Waals surface area contributed by atoms with Crippen molar-refractivity contribution in [3.63, 3.8) is 0 Å². The molecule has 3 amide bonds. The summed E-state index contributed by atoms with van der Waals surface area (Å²) in [6.07, 6.45) is 0.148. The minimum Gasteiger partial charge on any atom is -0.410 e. The largest absolute Gasteiger partial charge is 0.415 e. The van der Waals surface area contributed by atoms with Crippen molar-refractivity contribution in [2.24, 2.45) is 5.92 Å². The van der Waals surface area contributed by atoms with Gasteiger partial charge < -0.3 is 19.4 Å². The van der Waals surface area contributed by atoms with Crippen LogP contribution in [-0.4, -0.2) is 71.4 Å². The Kier molecular flexibility index (Phi) is 5.39. The number of hydrogen-bond donors (Lipinski definition) is 0. The lowest BCUT2D eigenvalue weighted by Gasteiger charge is -2.48. The maximum Gasteiger partial charge on any atom is 0.415 e. The summed E-state index contributed by atoms with van der Waals surface area (Å²) in [4.78, 5) is 42.8. The van der Waals surface area contributed by atoms with Gasteiger partial charge in [0, 0.05) is 20.1 Å². The van der Waals surface area contributed by atoms with Crippen LogP contribution in [0.2, 0.25) is 0 Å². The molecule has 1 aromatic rings. The normalized spacial score (nSPS) is 22.9. The number of hydrogen-bond acceptors (Lipinski definition) is 4. The Bertz CT molecular complexity index is 731. The Morgan fingerprint density at radius 2 is 1.81 bits per heavy atom. The molecule has 2 heterocycles. The zero-order valence-corrected chi connectivity index (χ0v) is 16.3. The van der Waals surface area contributed by atoms with E-state index in [0.29, 0.717) is 31.2 Å². The first-order valence-corrected chi connectivity index (χ1v) is 9.38. The molecule has 1 aromatic carbocycles. The number of aryl methyl sites for hydroxylation is 1. The molecule has 0 aromatic heterocycles. The van der Waals surface area contributed by atoms with Crippen LogP contribution in [0.1, 0.15) is 25.8 Å². The van der Waals surface area contributed by atoms with Gasteiger partial charge >= 0.3 is 6.09 Å². The van der Waals surface area contributed by atoms with Gasteiger partial charge in [0.05, 0.1) is 6.54 Å². The number of benzene rings is 1. The molecule has 2 aliphatic rings. The third-order valence-electron chi connectivity index (χ3n) is 5.23. The van der Waals surface area contributed by atoms with Crippen LogP contribution in [0.4, 0.5) is 4.79 Å². The van der Waals surface area contributed by atoms with E-state index in [0.717, 1.165) is 5.56 Å². The third kappa shape index (κ3) is 3.91. The fourth-order valence-electron chi connectivity index (χ4n) is 3.65. The molecule has 3 rings (SSSR count). The minimum atomic E-state index is -0.634. The predicted octanol–water partition coefficient (Wildman–Crippen LogP) is 1.89. The van der Waals surface area contributed by atoms with Crippen molar-refractivity contribution in [1.82, 2.24) is 14.7 Å². The van der Waals surface area contributed by atoms with E-state index in [1.807, 2.05) is 32.9 Å². The second-order valence-electron chi connectivity index (χ2n) is 7.77. The Balaban J connectivity index is 1.68. The third-order valence-corrected chi connectivity index (χ3v) is 5.23. The molecule has 0 aliphatic carbocycles. The standard InChI is InChI=1S/C20H27N3O4/c1-13(2)11-16-19(25)23-10-9-22(12-17(23)18(24)21(16)4)20(26)27-15-7-5-14(3)6-8-15/h5-8,13,16-17H,9-12H2,1-4H3/t16-,17+/m0/s1. The molecule has 2 fully saturated rings. The van der Waals surface area contributed by atoms with Gasteiger partial charge in [-0.3, -0.25) is 9.59 Å². The lowest BCUT2D eigenvalue weighted by atomic mass is 9.95. The van der Waals surface area contributed by atoms with E-state index < -0.39 is 18.2 Å². The van der Waals surface area contributed by atoms with E-state index >= 15 is 0 Å². The first kappa shape index (κ1) is 19.2. The second kappa shape index (κ2) is 7.58. The van der Waals surface area contributed by atoms with Gasteiger partial charge in [0.2, 0.25) is 11.8 Å². The Morgan fingerprint density at radius 3 is 2.44 bits per heavy atom. The summed E-state index contributed by atoms with van der Waals surface area (Å²) < 4.78 is 5.41. The monoisotopic (exact) mass is 373 g/mol. The molecule has 27 heavy (non-hydrogen) atoms. The zero-order chi connectivity index (χ0) is 19.7. The molecule has 7 heteroatoms. The maximum atomic E-state index is 12.8. The topological polar surface area (TPSA) is 70.2 Å². The smallest absolute Gasteiger partial charge is 0.410 e. The van der Waals surface area contributed by atoms with E-state index in [1.165, 1.54) is 9.80 Å². The van der Waals surface area contributed by atoms with Gasteiger partial charge in [-0.15, -0.1) is 0 Å². The number of fused-ring (bicyclic) bond motifs is 1. The highest BCUT2D eigenvalue weighted by Crippen LogP contribution is 2.25. The van der Waals surface area contributed by atoms with Crippen LogP contribution in [-0.2, 0) is 9.59 Å². The molecule has 0 spiro atoms. The first-order valence-electron chi connectivity index (χ1n) is 9.38. The van der Waals surface area contributed by atoms with E-state index in [2.05, 4.69) is 0 Å². The van der Waals surface area contributed by atoms with Crippen LogP contribution >= 0.6 is 0 Å². The van der Waals surface area contributed by atoms with Crippen LogP contribution in [0.15, 0.2) is 24.3 Å². The van der Waals surface area contributed by atoms with Gasteiger partial charge in [-0.2, -0.15) is 0 Å². The number of nitrogens with zero attached hydrogens (tertiary/aromatic N) is 3. The first-order chi connectivity index (χ1) is 12.8. The van der Waals surface area contributed by atoms with Gasteiger partial charge in [0.15, 0.2) is 0 Å². The molecular formula is C20H27N3O4. The van der Waals surface area contributed by atoms with Gasteiger partial charge in [-0.1, -0.05) is 31.5 Å². The van der Waals surface area contributed by atoms with Gasteiger partial charge in [-0.25, -0.2) is 4.79 Å². The van der Waals surface area contributed by atoms with Crippen LogP contribution in [0, 0.1) is 12.8 Å². The lowest BCUT2D eigenvalue weighted by molar-refractivity contribution is -0.163. The Labute approximate surface area is 159 Å². The fraction of sp³-hybridized carbons (Fsp3) is 0.550. The van der Waals surface area contributed by atoms with E-state index in [1.54, 1.807) is 24.1 Å². The molecule has 0 bridgehead atoms. The van der Waals surface area contributed by atoms with E-state index in [-0.39, 0.29) is 18.4 Å². The maximum absolute atomic E-state index is 12.8. The average Bonchev–Trinajstić information content (AvgIpc) is 2.64. The number of amides is 3. The van der Waals surface area contributed by atoms with Crippen LogP contribution in [0.3, 0.4) is 0 Å². The van der Waals surface area contributed by atoms with Crippen LogP contribution in [0.5, 0.6) is 5.75 Å². The fourth-order valence-corrected chi connectivity index (χ4v) is 3.65. The number of carbonyl (C=O) groups excluding carboxylic acids is 3. The van der Waals surface area contributed by atoms with Crippen molar-refractivity contribution < 1.29 is 19.1 Å². The molecule has 146 valence electrons. The van der Waals surface area contributed by atoms with Crippen molar-refractivity contribution >= 4 is 17.9 Å². The molecule has 0 saturated carbocycles. The molecule has 2 aliphatic heterocycles. The number of ether oxygens (including phenoxy) is 1. The summed E-state index contributed by atoms with van der Waals surface area (Å²) in [5.41, 5.74) is 1.08. The van der Waals surface area contributed by atoms with Crippen molar-refractivity contribution in [2.45, 2.75) is 39.3 Å². The van der Waals surface area contributed by atoms with Crippen LogP contribution < -0.4 is 4.74 Å². The number of carbonyl (C=O) groups is 3. The molecule has 0 unspecified atom stereocenters. The zero-order valence-electron chi connectivity index (χ0n) is 16.3. The minimum absolute atomic E-state index is 0.0256. The highest BCUT2D eigenvalue weighted by molar-refractivity contribution is 5.97. The van der Waals surface area contributed by atoms with Crippen molar-refractivity contribution in [3.05, 3.63) is 29.8 Å². The van der Waals surface area contributed by atoms with Crippen LogP contribution in [0.25, 0.3) is 0 Å². The quantitative estimate of drug-likeness (QED) is 0.811. The van der Waals surface area contributed by atoms with Gasteiger partial charge in [0.25, 0.3) is 0 Å². The van der Waals surface area contributed by atoms with E-state index in [9.17, 15) is 14.4 Å². The molecule has 2 atom stereocenters. The number of rotatable bonds is 3. The summed E-state index contributed by atoms with van der Waals surface area (Å²) in [5.74, 6) is 0.639. The summed E-state index contributed by atoms with van der Waals surface area (Å²) >= 11 is 0. The summed E-state index contributed by atoms with van der Waals surface area (Å²) in [7, 11) is 1.67. The molecule has 0 radical (unpaired) electrons. The Hall–Kier alpha value is -2.57. The van der Waals surface area contributed by atoms with Gasteiger partial charge in [0.1, 0.15) is 17.8 Å². The molecule has 0 N–H and O–H groups in total. The van der Waals surface area contributed by atoms with Crippen molar-refractivity contribution in [1.29, 1.82) is 0 Å². The lowest BCUT2D eigenvalue weighted by Crippen LogP contribution is -2.70.